The van der Waals surface area contributed by atoms with Crippen molar-refractivity contribution in [1.82, 2.24) is 15.3 Å². The first kappa shape index (κ1) is 12.6. The number of H-pyrrole nitrogens is 1. The number of nitrogens with one attached hydrogen (secondary N) is 2. The smallest absolute Gasteiger partial charge is 0.106 e. The van der Waals surface area contributed by atoms with E-state index in [0.717, 1.165) is 44.1 Å². The predicted molar refractivity (Wildman–Crippen MR) is 67.8 cm³/mol. The van der Waals surface area contributed by atoms with E-state index in [2.05, 4.69) is 36.1 Å². The number of rotatable bonds is 4. The van der Waals surface area contributed by atoms with Crippen LogP contribution in [-0.4, -0.2) is 28.7 Å². The van der Waals surface area contributed by atoms with Crippen molar-refractivity contribution in [2.75, 3.05) is 13.2 Å². The summed E-state index contributed by atoms with van der Waals surface area (Å²) in [6, 6.07) is 0. The highest BCUT2D eigenvalue weighted by molar-refractivity contribution is 5.02. The largest absolute Gasteiger partial charge is 0.381 e. The summed E-state index contributed by atoms with van der Waals surface area (Å²) < 4.78 is 5.37. The molecular weight excluding hydrogens is 214 g/mol. The number of aromatic nitrogens is 2. The third-order valence-corrected chi connectivity index (χ3v) is 3.00. The van der Waals surface area contributed by atoms with E-state index in [1.165, 1.54) is 0 Å². The van der Waals surface area contributed by atoms with Gasteiger partial charge in [-0.05, 0) is 33.1 Å². The maximum absolute atomic E-state index is 5.37. The molecule has 1 saturated heterocycles. The van der Waals surface area contributed by atoms with Crippen LogP contribution in [-0.2, 0) is 17.7 Å². The van der Waals surface area contributed by atoms with Crippen molar-refractivity contribution in [3.63, 3.8) is 0 Å². The fourth-order valence-corrected chi connectivity index (χ4v) is 1.98. The minimum atomic E-state index is 0.143. The Balaban J connectivity index is 1.83. The Kier molecular flexibility index (Phi) is 3.84. The van der Waals surface area contributed by atoms with Gasteiger partial charge < -0.3 is 15.0 Å². The lowest BCUT2D eigenvalue weighted by Crippen LogP contribution is -2.35. The molecular formula is C13H23N3O. The summed E-state index contributed by atoms with van der Waals surface area (Å²) in [6.07, 6.45) is 4.11. The molecule has 0 saturated carbocycles. The van der Waals surface area contributed by atoms with Crippen LogP contribution < -0.4 is 5.32 Å². The zero-order valence-corrected chi connectivity index (χ0v) is 11.0. The van der Waals surface area contributed by atoms with Crippen molar-refractivity contribution >= 4 is 0 Å². The maximum Gasteiger partial charge on any atom is 0.106 e. The quantitative estimate of drug-likeness (QED) is 0.840. The molecule has 96 valence electrons. The molecule has 0 amide bonds. The van der Waals surface area contributed by atoms with Gasteiger partial charge in [-0.25, -0.2) is 4.98 Å². The highest BCUT2D eigenvalue weighted by Gasteiger charge is 2.17. The molecule has 0 radical (unpaired) electrons. The molecule has 1 unspecified atom stereocenters. The molecule has 1 fully saturated rings. The summed E-state index contributed by atoms with van der Waals surface area (Å²) in [4.78, 5) is 7.81. The lowest BCUT2D eigenvalue weighted by atomic mass is 10.1. The molecule has 17 heavy (non-hydrogen) atoms. The Morgan fingerprint density at radius 2 is 2.35 bits per heavy atom. The van der Waals surface area contributed by atoms with Crippen LogP contribution in [0, 0.1) is 5.92 Å². The van der Waals surface area contributed by atoms with Gasteiger partial charge in [0.15, 0.2) is 0 Å². The van der Waals surface area contributed by atoms with E-state index in [1.807, 2.05) is 6.20 Å². The second-order valence-corrected chi connectivity index (χ2v) is 5.89. The van der Waals surface area contributed by atoms with Crippen molar-refractivity contribution in [2.45, 2.75) is 45.7 Å². The number of imidazole rings is 1. The second kappa shape index (κ2) is 5.19. The fraction of sp³-hybridized carbons (Fsp3) is 0.769. The number of ether oxygens (including phenoxy) is 1. The average molecular weight is 237 g/mol. The minimum absolute atomic E-state index is 0.143. The Labute approximate surface area is 103 Å². The third-order valence-electron chi connectivity index (χ3n) is 3.00. The average Bonchev–Trinajstić information content (AvgIpc) is 2.86. The monoisotopic (exact) mass is 237 g/mol. The summed E-state index contributed by atoms with van der Waals surface area (Å²) in [5.41, 5.74) is 1.30. The number of hydrogen-bond acceptors (Lipinski definition) is 3. The van der Waals surface area contributed by atoms with Crippen LogP contribution in [0.25, 0.3) is 0 Å². The summed E-state index contributed by atoms with van der Waals surface area (Å²) in [6.45, 7) is 9.14. The first-order valence-corrected chi connectivity index (χ1v) is 6.38. The van der Waals surface area contributed by atoms with Crippen LogP contribution in [0.3, 0.4) is 0 Å². The van der Waals surface area contributed by atoms with Crippen molar-refractivity contribution in [2.24, 2.45) is 5.92 Å². The van der Waals surface area contributed by atoms with Crippen molar-refractivity contribution in [1.29, 1.82) is 0 Å². The molecule has 4 heteroatoms. The van der Waals surface area contributed by atoms with Gasteiger partial charge in [0, 0.05) is 43.6 Å². The molecule has 0 aliphatic carbocycles. The van der Waals surface area contributed by atoms with E-state index in [0.29, 0.717) is 5.92 Å². The summed E-state index contributed by atoms with van der Waals surface area (Å²) in [5, 5.41) is 3.45. The molecule has 1 aliphatic heterocycles. The zero-order chi connectivity index (χ0) is 12.3. The van der Waals surface area contributed by atoms with E-state index in [9.17, 15) is 0 Å². The van der Waals surface area contributed by atoms with Crippen molar-refractivity contribution in [3.8, 4) is 0 Å². The van der Waals surface area contributed by atoms with Crippen LogP contribution in [0.4, 0.5) is 0 Å². The predicted octanol–water partition coefficient (Wildman–Crippen LogP) is 1.88. The SMILES string of the molecule is CC(C)(C)NCc1cnc(CC2CCOC2)[nH]1. The summed E-state index contributed by atoms with van der Waals surface area (Å²) in [5.74, 6) is 1.73. The van der Waals surface area contributed by atoms with Gasteiger partial charge in [-0.2, -0.15) is 0 Å². The van der Waals surface area contributed by atoms with Gasteiger partial charge in [0.25, 0.3) is 0 Å². The standard InChI is InChI=1S/C13H23N3O/c1-13(2,3)15-8-11-7-14-12(16-11)6-10-4-5-17-9-10/h7,10,15H,4-6,8-9H2,1-3H3,(H,14,16). The summed E-state index contributed by atoms with van der Waals surface area (Å²) >= 11 is 0. The minimum Gasteiger partial charge on any atom is -0.381 e. The van der Waals surface area contributed by atoms with Gasteiger partial charge in [0.1, 0.15) is 5.82 Å². The summed E-state index contributed by atoms with van der Waals surface area (Å²) in [7, 11) is 0. The molecule has 0 spiro atoms. The van der Waals surface area contributed by atoms with E-state index in [4.69, 9.17) is 4.74 Å². The highest BCUT2D eigenvalue weighted by atomic mass is 16.5. The van der Waals surface area contributed by atoms with Gasteiger partial charge in [-0.3, -0.25) is 0 Å². The Hall–Kier alpha value is -0.870. The Bertz CT molecular complexity index is 348. The Morgan fingerprint density at radius 3 is 3.00 bits per heavy atom. The van der Waals surface area contributed by atoms with Crippen LogP contribution in [0.1, 0.15) is 38.7 Å². The van der Waals surface area contributed by atoms with Gasteiger partial charge in [-0.15, -0.1) is 0 Å². The van der Waals surface area contributed by atoms with Gasteiger partial charge >= 0.3 is 0 Å². The van der Waals surface area contributed by atoms with Gasteiger partial charge in [0.2, 0.25) is 0 Å². The molecule has 4 nitrogen and oxygen atoms in total. The molecule has 1 aliphatic rings. The first-order chi connectivity index (χ1) is 8.03. The number of hydrogen-bond donors (Lipinski definition) is 2. The molecule has 1 aromatic rings. The van der Waals surface area contributed by atoms with Crippen molar-refractivity contribution < 1.29 is 4.74 Å². The van der Waals surface area contributed by atoms with E-state index >= 15 is 0 Å². The first-order valence-electron chi connectivity index (χ1n) is 6.38. The number of aromatic amines is 1. The normalized spacial score (nSPS) is 21.0. The van der Waals surface area contributed by atoms with E-state index < -0.39 is 0 Å². The van der Waals surface area contributed by atoms with Crippen LogP contribution in [0.5, 0.6) is 0 Å². The van der Waals surface area contributed by atoms with E-state index in [1.54, 1.807) is 0 Å². The third kappa shape index (κ3) is 4.13. The lowest BCUT2D eigenvalue weighted by Gasteiger charge is -2.19. The van der Waals surface area contributed by atoms with Gasteiger partial charge in [0.05, 0.1) is 0 Å². The van der Waals surface area contributed by atoms with Crippen LogP contribution in [0.15, 0.2) is 6.20 Å². The molecule has 2 heterocycles. The van der Waals surface area contributed by atoms with E-state index in [-0.39, 0.29) is 5.54 Å². The molecule has 1 atom stereocenters. The second-order valence-electron chi connectivity index (χ2n) is 5.89. The zero-order valence-electron chi connectivity index (χ0n) is 11.0. The molecule has 1 aromatic heterocycles. The molecule has 2 N–H and O–H groups in total. The molecule has 0 aromatic carbocycles. The van der Waals surface area contributed by atoms with Gasteiger partial charge in [-0.1, -0.05) is 0 Å². The highest BCUT2D eigenvalue weighted by Crippen LogP contribution is 2.16. The molecule has 0 bridgehead atoms. The van der Waals surface area contributed by atoms with Crippen LogP contribution in [0.2, 0.25) is 0 Å². The van der Waals surface area contributed by atoms with Crippen molar-refractivity contribution in [3.05, 3.63) is 17.7 Å². The fourth-order valence-electron chi connectivity index (χ4n) is 1.98. The lowest BCUT2D eigenvalue weighted by molar-refractivity contribution is 0.185. The van der Waals surface area contributed by atoms with Crippen LogP contribution >= 0.6 is 0 Å². The topological polar surface area (TPSA) is 49.9 Å². The number of nitrogens with zero attached hydrogens (tertiary/aromatic N) is 1. The maximum atomic E-state index is 5.37. The molecule has 2 rings (SSSR count). The Morgan fingerprint density at radius 1 is 1.53 bits per heavy atom.